The first kappa shape index (κ1) is 53.7. The summed E-state index contributed by atoms with van der Waals surface area (Å²) in [5, 5.41) is 3.78. The molecule has 0 unspecified atom stereocenters. The van der Waals surface area contributed by atoms with E-state index in [2.05, 4.69) is 64.5 Å². The molecule has 6 aliphatic rings. The summed E-state index contributed by atoms with van der Waals surface area (Å²) in [5.41, 5.74) is 0. The minimum absolute atomic E-state index is 0.727. The molecule has 8 rings (SSSR count). The van der Waals surface area contributed by atoms with E-state index >= 15 is 0 Å². The van der Waals surface area contributed by atoms with Crippen molar-refractivity contribution < 1.29 is 51.2 Å². The topological polar surface area (TPSA) is 111 Å². The minimum Gasteiger partial charge on any atom is -0.373 e. The maximum atomic E-state index is 6.22. The summed E-state index contributed by atoms with van der Waals surface area (Å²) in [6.07, 6.45) is 4.70. The quantitative estimate of drug-likeness (QED) is 0.0501. The van der Waals surface area contributed by atoms with Gasteiger partial charge < -0.3 is 51.2 Å². The van der Waals surface area contributed by atoms with Crippen molar-refractivity contribution in [3.8, 4) is 0 Å². The van der Waals surface area contributed by atoms with Crippen molar-refractivity contribution in [1.29, 1.82) is 0 Å². The largest absolute Gasteiger partial charge is 0.536 e. The van der Waals surface area contributed by atoms with Crippen molar-refractivity contribution in [1.82, 2.24) is 0 Å². The van der Waals surface area contributed by atoms with Crippen molar-refractivity contribution in [2.24, 2.45) is 0 Å². The summed E-state index contributed by atoms with van der Waals surface area (Å²) in [4.78, 5) is 0. The third kappa shape index (κ3) is 13.4. The Morgan fingerprint density at radius 2 is 0.783 bits per heavy atom. The second-order valence-corrected chi connectivity index (χ2v) is 49.9. The summed E-state index contributed by atoms with van der Waals surface area (Å²) in [7, 11) is -3.30. The summed E-state index contributed by atoms with van der Waals surface area (Å²) in [6.45, 7) is 14.5. The molecule has 0 atom stereocenters. The van der Waals surface area contributed by atoms with Crippen LogP contribution in [0.15, 0.2) is 48.5 Å². The van der Waals surface area contributed by atoms with Crippen LogP contribution in [0.3, 0.4) is 0 Å². The molecule has 0 spiro atoms. The van der Waals surface area contributed by atoms with Crippen LogP contribution in [-0.4, -0.2) is 135 Å². The van der Waals surface area contributed by atoms with Crippen LogP contribution >= 0.6 is 46.8 Å². The average molecular weight is 1050 g/mol. The zero-order chi connectivity index (χ0) is 44.4. The molecule has 0 aromatic heterocycles. The van der Waals surface area contributed by atoms with E-state index in [1.807, 2.05) is 70.1 Å². The number of hydrogen-bond acceptors (Lipinski definition) is 16. The van der Waals surface area contributed by atoms with Gasteiger partial charge in [0.2, 0.25) is 0 Å². The molecule has 0 N–H and O–H groups in total. The molecule has 0 amide bonds. The molecule has 6 saturated heterocycles. The fourth-order valence-electron chi connectivity index (χ4n) is 6.93. The lowest BCUT2D eigenvalue weighted by molar-refractivity contribution is -0.0219. The molecule has 60 heavy (non-hydrogen) atoms. The van der Waals surface area contributed by atoms with Crippen LogP contribution in [0.2, 0.25) is 63.5 Å². The highest BCUT2D eigenvalue weighted by Crippen LogP contribution is 2.50. The molecule has 342 valence electrons. The van der Waals surface area contributed by atoms with Gasteiger partial charge in [-0.2, -0.15) is 25.3 Å². The van der Waals surface area contributed by atoms with Crippen LogP contribution in [0, 0.1) is 0 Å². The van der Waals surface area contributed by atoms with Gasteiger partial charge in [0.1, 0.15) is 0 Å². The molecule has 0 aliphatic carbocycles. The van der Waals surface area contributed by atoms with Gasteiger partial charge in [0.25, 0.3) is 0 Å². The van der Waals surface area contributed by atoms with Gasteiger partial charge in [-0.05, 0) is 37.2 Å². The first-order valence-electron chi connectivity index (χ1n) is 20.6. The summed E-state index contributed by atoms with van der Waals surface area (Å²) in [5.74, 6) is 4.27. The maximum Gasteiger partial charge on any atom is 0.536 e. The molecule has 6 aliphatic heterocycles. The fourth-order valence-corrected chi connectivity index (χ4v) is 34.4. The third-order valence-electron chi connectivity index (χ3n) is 10.2. The Morgan fingerprint density at radius 1 is 0.467 bits per heavy atom. The number of thiol groups is 2. The SMILES string of the molecule is CO[Si](OC)(OC)c1ccc([Si]23O[Si](CCCS)(O2)O3)cc1.CO[Si](OC)(OC)c1ccc([Si]23O[Si](CCCSSCCC[Si](C)(C)C)(O2)O3)cc1.C[Si](C)(C)CCCS. The normalized spacial score (nSPS) is 25.4. The van der Waals surface area contributed by atoms with Gasteiger partial charge in [0.15, 0.2) is 0 Å². The molecule has 0 radical (unpaired) electrons. The van der Waals surface area contributed by atoms with Gasteiger partial charge in [-0.25, -0.2) is 0 Å². The van der Waals surface area contributed by atoms with E-state index in [-0.39, 0.29) is 0 Å². The zero-order valence-corrected chi connectivity index (χ0v) is 49.1. The van der Waals surface area contributed by atoms with Crippen LogP contribution < -0.4 is 20.7 Å². The summed E-state index contributed by atoms with van der Waals surface area (Å²) >= 11 is 8.36. The van der Waals surface area contributed by atoms with Crippen molar-refractivity contribution >= 4 is 137 Å². The molecular formula is C36H70O12S4Si8. The molecule has 2 aromatic carbocycles. The van der Waals surface area contributed by atoms with E-state index in [1.54, 1.807) is 42.7 Å². The lowest BCUT2D eigenvalue weighted by Crippen LogP contribution is -2.92. The standard InChI is InChI=1S/C18H34O6S2Si4.C12H20O6SSi3.C6H16SSi/c1-19-29(20-2,21-3)17-9-11-18(12-10-17)30-22-28(23-30,24-30)16-8-14-26-25-13-7-15-27(4,5)6;1-13-21(14-2,15-3)11-5-7-12(8-6-11)22-16-20(17-22,18-22)10-4-9-19;1-8(2,3)6-4-5-7/h9-12H,7-8,13-16H2,1-6H3;5-8,19H,4,9-10H2,1-3H3;7H,4-6H2,1-3H3. The summed E-state index contributed by atoms with van der Waals surface area (Å²) in [6, 6.07) is 20.3. The van der Waals surface area contributed by atoms with Gasteiger partial charge in [-0.3, -0.25) is 0 Å². The first-order valence-corrected chi connectivity index (χ1v) is 42.5. The van der Waals surface area contributed by atoms with Crippen molar-refractivity contribution in [3.05, 3.63) is 48.5 Å². The van der Waals surface area contributed by atoms with E-state index < -0.39 is 69.0 Å². The lowest BCUT2D eigenvalue weighted by Gasteiger charge is -2.63. The molecule has 4 bridgehead atoms. The molecule has 6 fully saturated rings. The Balaban J connectivity index is 0.000000231. The second kappa shape index (κ2) is 23.2. The van der Waals surface area contributed by atoms with Crippen molar-refractivity contribution in [3.63, 3.8) is 0 Å². The Labute approximate surface area is 388 Å². The zero-order valence-electron chi connectivity index (χ0n) is 37.7. The van der Waals surface area contributed by atoms with E-state index in [4.69, 9.17) is 51.2 Å². The Kier molecular flexibility index (Phi) is 20.8. The highest BCUT2D eigenvalue weighted by atomic mass is 33.1. The molecule has 0 saturated carbocycles. The van der Waals surface area contributed by atoms with Crippen LogP contribution in [-0.2, 0) is 51.2 Å². The van der Waals surface area contributed by atoms with Gasteiger partial charge >= 0.3 is 52.8 Å². The molecule has 12 nitrogen and oxygen atoms in total. The number of hydrogen-bond donors (Lipinski definition) is 2. The third-order valence-corrected chi connectivity index (χ3v) is 40.4. The van der Waals surface area contributed by atoms with Gasteiger partial charge in [-0.1, -0.05) is 121 Å². The van der Waals surface area contributed by atoms with Crippen LogP contribution in [0.25, 0.3) is 0 Å². The number of benzene rings is 2. The summed E-state index contributed by atoms with van der Waals surface area (Å²) < 4.78 is 69.7. The molecular weight excluding hydrogens is 977 g/mol. The monoisotopic (exact) mass is 1050 g/mol. The van der Waals surface area contributed by atoms with E-state index in [0.29, 0.717) is 0 Å². The maximum absolute atomic E-state index is 6.22. The Hall–Kier alpha value is 1.10. The molecule has 2 aromatic rings. The van der Waals surface area contributed by atoms with Crippen molar-refractivity contribution in [2.45, 2.75) is 89.1 Å². The van der Waals surface area contributed by atoms with E-state index in [1.165, 1.54) is 30.7 Å². The van der Waals surface area contributed by atoms with Crippen LogP contribution in [0.1, 0.15) is 25.7 Å². The predicted molar refractivity (Wildman–Crippen MR) is 272 cm³/mol. The van der Waals surface area contributed by atoms with Gasteiger partial charge in [-0.15, -0.1) is 0 Å². The molecule has 6 heterocycles. The van der Waals surface area contributed by atoms with Crippen LogP contribution in [0.5, 0.6) is 0 Å². The number of rotatable bonds is 25. The average Bonchev–Trinajstić information content (AvgIpc) is 3.17. The first-order chi connectivity index (χ1) is 28.4. The fraction of sp³-hybridized carbons (Fsp3) is 0.667. The Morgan fingerprint density at radius 3 is 1.08 bits per heavy atom. The van der Waals surface area contributed by atoms with Crippen LogP contribution in [0.4, 0.5) is 0 Å². The van der Waals surface area contributed by atoms with Crippen molar-refractivity contribution in [2.75, 3.05) is 65.7 Å². The lowest BCUT2D eigenvalue weighted by atomic mass is 10.4. The highest BCUT2D eigenvalue weighted by Gasteiger charge is 2.83. The van der Waals surface area contributed by atoms with Gasteiger partial charge in [0, 0.05) is 103 Å². The Bertz CT molecular complexity index is 1550. The van der Waals surface area contributed by atoms with E-state index in [9.17, 15) is 0 Å². The van der Waals surface area contributed by atoms with E-state index in [0.717, 1.165) is 62.9 Å². The highest BCUT2D eigenvalue weighted by molar-refractivity contribution is 8.76. The van der Waals surface area contributed by atoms with Gasteiger partial charge in [0.05, 0.1) is 0 Å². The minimum atomic E-state index is -2.81. The smallest absolute Gasteiger partial charge is 0.373 e. The molecule has 24 heteroatoms. The second-order valence-electron chi connectivity index (χ2n) is 17.2. The predicted octanol–water partition coefficient (Wildman–Crippen LogP) is 6.33.